The van der Waals surface area contributed by atoms with Crippen LogP contribution in [-0.4, -0.2) is 36.7 Å². The lowest BCUT2D eigenvalue weighted by atomic mass is 9.66. The first-order chi connectivity index (χ1) is 9.76. The highest BCUT2D eigenvalue weighted by Gasteiger charge is 2.47. The van der Waals surface area contributed by atoms with Gasteiger partial charge in [0.25, 0.3) is 6.92 Å². The Morgan fingerprint density at radius 1 is 1.29 bits per heavy atom. The van der Waals surface area contributed by atoms with Gasteiger partial charge in [-0.25, -0.2) is 0 Å². The highest BCUT2D eigenvalue weighted by Crippen LogP contribution is 2.48. The summed E-state index contributed by atoms with van der Waals surface area (Å²) in [6, 6.07) is 0.158. The molecule has 2 aliphatic carbocycles. The van der Waals surface area contributed by atoms with Crippen LogP contribution in [0.4, 0.5) is 13.2 Å². The van der Waals surface area contributed by atoms with Crippen molar-refractivity contribution in [2.24, 2.45) is 23.5 Å². The van der Waals surface area contributed by atoms with E-state index in [1.54, 1.807) is 6.82 Å². The van der Waals surface area contributed by atoms with Gasteiger partial charge in [0.1, 0.15) is 0 Å². The molecule has 0 aromatic heterocycles. The molecular formula is C14H26BF3N2O. The van der Waals surface area contributed by atoms with Gasteiger partial charge >= 0.3 is 6.18 Å². The number of nitrogens with one attached hydrogen (secondary N) is 1. The van der Waals surface area contributed by atoms with Crippen LogP contribution in [0.2, 0.25) is 13.1 Å². The van der Waals surface area contributed by atoms with Crippen LogP contribution in [-0.2, 0) is 0 Å². The number of hydrogen-bond donors (Lipinski definition) is 3. The summed E-state index contributed by atoms with van der Waals surface area (Å²) in [5, 5.41) is 12.0. The van der Waals surface area contributed by atoms with Gasteiger partial charge in [-0.2, -0.15) is 13.2 Å². The summed E-state index contributed by atoms with van der Waals surface area (Å²) < 4.78 is 36.8. The van der Waals surface area contributed by atoms with Crippen LogP contribution in [0, 0.1) is 17.8 Å². The largest absolute Gasteiger partial charge is 0.451 e. The Balaban J connectivity index is 1.80. The van der Waals surface area contributed by atoms with E-state index in [-0.39, 0.29) is 19.0 Å². The van der Waals surface area contributed by atoms with Gasteiger partial charge in [0, 0.05) is 12.1 Å². The Kier molecular flexibility index (Phi) is 5.60. The first-order valence-corrected chi connectivity index (χ1v) is 8.00. The minimum atomic E-state index is -4.13. The summed E-state index contributed by atoms with van der Waals surface area (Å²) in [6.07, 6.45) is 1.14. The van der Waals surface area contributed by atoms with Gasteiger partial charge in [0.2, 0.25) is 0 Å². The molecule has 5 atom stereocenters. The van der Waals surface area contributed by atoms with Crippen LogP contribution in [0.25, 0.3) is 0 Å². The van der Waals surface area contributed by atoms with E-state index in [9.17, 15) is 18.2 Å². The predicted octanol–water partition coefficient (Wildman–Crippen LogP) is 2.27. The number of hydrogen-bond acceptors (Lipinski definition) is 3. The van der Waals surface area contributed by atoms with E-state index in [1.807, 2.05) is 0 Å². The van der Waals surface area contributed by atoms with E-state index < -0.39 is 12.7 Å². The van der Waals surface area contributed by atoms with Crippen LogP contribution in [0.15, 0.2) is 0 Å². The highest BCUT2D eigenvalue weighted by molar-refractivity contribution is 6.48. The normalized spacial score (nSPS) is 36.0. The van der Waals surface area contributed by atoms with Gasteiger partial charge in [-0.1, -0.05) is 13.2 Å². The smallest absolute Gasteiger partial charge is 0.401 e. The minimum absolute atomic E-state index is 0.0200. The van der Waals surface area contributed by atoms with Crippen molar-refractivity contribution in [3.63, 3.8) is 0 Å². The van der Waals surface area contributed by atoms with Gasteiger partial charge in [-0.3, -0.25) is 0 Å². The van der Waals surface area contributed by atoms with Gasteiger partial charge in [0.15, 0.2) is 0 Å². The summed E-state index contributed by atoms with van der Waals surface area (Å²) in [7, 11) is 0. The van der Waals surface area contributed by atoms with E-state index in [0.717, 1.165) is 38.4 Å². The number of nitrogens with two attached hydrogens (primary N) is 1. The number of alkyl halides is 3. The first kappa shape index (κ1) is 17.1. The zero-order chi connectivity index (χ0) is 15.6. The van der Waals surface area contributed by atoms with Crippen molar-refractivity contribution in [3.8, 4) is 0 Å². The summed E-state index contributed by atoms with van der Waals surface area (Å²) in [6.45, 7) is 0.600. The molecule has 2 saturated carbocycles. The fraction of sp³-hybridized carbons (Fsp3) is 1.00. The Labute approximate surface area is 125 Å². The lowest BCUT2D eigenvalue weighted by molar-refractivity contribution is -0.126. The van der Waals surface area contributed by atoms with Crippen LogP contribution in [0.3, 0.4) is 0 Å². The fourth-order valence-corrected chi connectivity index (χ4v) is 4.30. The molecule has 0 heterocycles. The molecule has 0 amide bonds. The number of halogens is 3. The molecule has 0 aliphatic heterocycles. The second-order valence-electron chi connectivity index (χ2n) is 6.93. The maximum Gasteiger partial charge on any atom is 0.401 e. The van der Waals surface area contributed by atoms with Crippen molar-refractivity contribution in [2.75, 3.05) is 6.54 Å². The summed E-state index contributed by atoms with van der Waals surface area (Å²) in [5.41, 5.74) is 6.21. The van der Waals surface area contributed by atoms with Crippen LogP contribution < -0.4 is 11.1 Å². The van der Waals surface area contributed by atoms with Crippen molar-refractivity contribution >= 4 is 6.92 Å². The Morgan fingerprint density at radius 2 is 2.00 bits per heavy atom. The molecule has 0 bridgehead atoms. The predicted molar refractivity (Wildman–Crippen MR) is 78.0 cm³/mol. The van der Waals surface area contributed by atoms with Crippen molar-refractivity contribution in [2.45, 2.75) is 63.5 Å². The molecule has 2 fully saturated rings. The van der Waals surface area contributed by atoms with E-state index in [1.165, 1.54) is 0 Å². The molecule has 0 spiro atoms. The van der Waals surface area contributed by atoms with Gasteiger partial charge in [-0.05, 0) is 49.8 Å². The maximum absolute atomic E-state index is 12.3. The maximum atomic E-state index is 12.3. The molecule has 5 unspecified atom stereocenters. The average molecular weight is 306 g/mol. The Morgan fingerprint density at radius 3 is 2.62 bits per heavy atom. The SMILES string of the molecule is CB(O)CCCC1C(N)CC2CC(NCC(F)(F)F)CC21. The quantitative estimate of drug-likeness (QED) is 0.660. The zero-order valence-electron chi connectivity index (χ0n) is 12.6. The van der Waals surface area contributed by atoms with Crippen molar-refractivity contribution in [3.05, 3.63) is 0 Å². The van der Waals surface area contributed by atoms with E-state index in [2.05, 4.69) is 5.32 Å². The monoisotopic (exact) mass is 306 g/mol. The fourth-order valence-electron chi connectivity index (χ4n) is 4.30. The molecule has 0 aromatic carbocycles. The topological polar surface area (TPSA) is 58.3 Å². The standard InChI is InChI=1S/C14H26BF3N2O/c1-15(21)4-2-3-11-12-7-10(20-8-14(16,17)18)5-9(12)6-13(11)19/h9-13,20-21H,2-8,19H2,1H3. The number of rotatable bonds is 6. The Hall–Kier alpha value is -0.265. The van der Waals surface area contributed by atoms with E-state index in [4.69, 9.17) is 5.73 Å². The van der Waals surface area contributed by atoms with E-state index in [0.29, 0.717) is 17.8 Å². The molecule has 21 heavy (non-hydrogen) atoms. The molecule has 7 heteroatoms. The van der Waals surface area contributed by atoms with Gasteiger partial charge in [0.05, 0.1) is 6.54 Å². The molecule has 3 nitrogen and oxygen atoms in total. The zero-order valence-corrected chi connectivity index (χ0v) is 12.6. The van der Waals surface area contributed by atoms with Gasteiger partial charge < -0.3 is 16.1 Å². The first-order valence-electron chi connectivity index (χ1n) is 8.00. The number of fused-ring (bicyclic) bond motifs is 1. The van der Waals surface area contributed by atoms with Crippen molar-refractivity contribution in [1.82, 2.24) is 5.32 Å². The molecule has 2 aliphatic rings. The molecular weight excluding hydrogens is 280 g/mol. The summed E-state index contributed by atoms with van der Waals surface area (Å²) in [5.74, 6) is 1.34. The highest BCUT2D eigenvalue weighted by atomic mass is 19.4. The molecule has 0 saturated heterocycles. The average Bonchev–Trinajstić information content (AvgIpc) is 2.84. The second kappa shape index (κ2) is 6.88. The summed E-state index contributed by atoms with van der Waals surface area (Å²) >= 11 is 0. The van der Waals surface area contributed by atoms with Gasteiger partial charge in [-0.15, -0.1) is 0 Å². The Bertz CT molecular complexity index is 341. The third-order valence-corrected chi connectivity index (χ3v) is 5.17. The lowest BCUT2D eigenvalue weighted by Crippen LogP contribution is -2.37. The van der Waals surface area contributed by atoms with E-state index >= 15 is 0 Å². The lowest BCUT2D eigenvalue weighted by Gasteiger charge is -2.23. The van der Waals surface area contributed by atoms with Crippen LogP contribution in [0.1, 0.15) is 32.1 Å². The molecule has 0 aromatic rings. The van der Waals surface area contributed by atoms with Crippen LogP contribution in [0.5, 0.6) is 0 Å². The molecule has 0 radical (unpaired) electrons. The molecule has 122 valence electrons. The third kappa shape index (κ3) is 4.86. The van der Waals surface area contributed by atoms with Crippen molar-refractivity contribution < 1.29 is 18.2 Å². The summed E-state index contributed by atoms with van der Waals surface area (Å²) in [4.78, 5) is 0. The molecule has 4 N–H and O–H groups in total. The molecule has 2 rings (SSSR count). The van der Waals surface area contributed by atoms with Crippen LogP contribution >= 0.6 is 0 Å². The second-order valence-corrected chi connectivity index (χ2v) is 6.93. The van der Waals surface area contributed by atoms with Crippen molar-refractivity contribution in [1.29, 1.82) is 0 Å². The third-order valence-electron chi connectivity index (χ3n) is 5.17. The minimum Gasteiger partial charge on any atom is -0.451 e.